The number of amides is 1. The highest BCUT2D eigenvalue weighted by Gasteiger charge is 2.26. The Labute approximate surface area is 158 Å². The lowest BCUT2D eigenvalue weighted by atomic mass is 9.91. The number of hydrogen-bond donors (Lipinski definition) is 1. The summed E-state index contributed by atoms with van der Waals surface area (Å²) in [5, 5.41) is 1.05. The highest BCUT2D eigenvalue weighted by molar-refractivity contribution is 5.82. The summed E-state index contributed by atoms with van der Waals surface area (Å²) in [5.74, 6) is 0.878. The van der Waals surface area contributed by atoms with E-state index in [9.17, 15) is 4.79 Å². The molecule has 0 unspecified atom stereocenters. The maximum Gasteiger partial charge on any atom is 0.260 e. The monoisotopic (exact) mass is 362 g/mol. The van der Waals surface area contributed by atoms with E-state index in [4.69, 9.17) is 15.5 Å². The molecule has 1 aliphatic rings. The maximum absolute atomic E-state index is 12.4. The third kappa shape index (κ3) is 3.84. The lowest BCUT2D eigenvalue weighted by Gasteiger charge is -2.32. The van der Waals surface area contributed by atoms with Gasteiger partial charge in [-0.2, -0.15) is 0 Å². The molecule has 1 amide bonds. The predicted molar refractivity (Wildman–Crippen MR) is 104 cm³/mol. The molecule has 4 rings (SSSR count). The second kappa shape index (κ2) is 7.61. The number of likely N-dealkylation sites (tertiary alicyclic amines) is 1. The van der Waals surface area contributed by atoms with E-state index in [1.54, 1.807) is 24.5 Å². The van der Waals surface area contributed by atoms with Crippen LogP contribution in [0, 0.1) is 0 Å². The van der Waals surface area contributed by atoms with Gasteiger partial charge >= 0.3 is 0 Å². The second-order valence-corrected chi connectivity index (χ2v) is 6.79. The van der Waals surface area contributed by atoms with Gasteiger partial charge in [0.05, 0.1) is 23.1 Å². The first-order chi connectivity index (χ1) is 13.2. The number of benzene rings is 1. The Bertz CT molecular complexity index is 937. The molecule has 27 heavy (non-hydrogen) atoms. The average Bonchev–Trinajstić information content (AvgIpc) is 2.72. The minimum absolute atomic E-state index is 0.00301. The van der Waals surface area contributed by atoms with E-state index in [1.165, 1.54) is 0 Å². The number of carbonyl (C=O) groups excluding carboxylic acids is 1. The van der Waals surface area contributed by atoms with Gasteiger partial charge in [-0.15, -0.1) is 0 Å². The number of anilines is 1. The van der Waals surface area contributed by atoms with E-state index in [1.807, 2.05) is 35.2 Å². The Morgan fingerprint density at radius 2 is 2.00 bits per heavy atom. The molecular formula is C21H22N4O2. The fraction of sp³-hybridized carbons (Fsp3) is 0.286. The predicted octanol–water partition coefficient (Wildman–Crippen LogP) is 3.00. The Balaban J connectivity index is 1.37. The van der Waals surface area contributed by atoms with Crippen LogP contribution in [-0.4, -0.2) is 40.5 Å². The van der Waals surface area contributed by atoms with Crippen molar-refractivity contribution in [2.24, 2.45) is 0 Å². The van der Waals surface area contributed by atoms with Crippen molar-refractivity contribution in [1.29, 1.82) is 0 Å². The lowest BCUT2D eigenvalue weighted by molar-refractivity contribution is -0.134. The van der Waals surface area contributed by atoms with E-state index in [-0.39, 0.29) is 18.4 Å². The molecule has 6 nitrogen and oxygen atoms in total. The van der Waals surface area contributed by atoms with Gasteiger partial charge in [-0.1, -0.05) is 18.2 Å². The Morgan fingerprint density at radius 3 is 2.78 bits per heavy atom. The largest absolute Gasteiger partial charge is 0.482 e. The van der Waals surface area contributed by atoms with Crippen molar-refractivity contribution in [1.82, 2.24) is 14.9 Å². The topological polar surface area (TPSA) is 81.3 Å². The summed E-state index contributed by atoms with van der Waals surface area (Å²) in [4.78, 5) is 23.0. The van der Waals surface area contributed by atoms with Crippen LogP contribution in [-0.2, 0) is 4.79 Å². The number of nitrogens with zero attached hydrogens (tertiary/aromatic N) is 3. The summed E-state index contributed by atoms with van der Waals surface area (Å²) in [6.07, 6.45) is 4.99. The number of carbonyl (C=O) groups is 1. The molecule has 0 aliphatic carbocycles. The zero-order valence-corrected chi connectivity index (χ0v) is 15.0. The Kier molecular flexibility index (Phi) is 4.87. The molecular weight excluding hydrogens is 340 g/mol. The third-order valence-corrected chi connectivity index (χ3v) is 5.02. The average molecular weight is 362 g/mol. The quantitative estimate of drug-likeness (QED) is 0.772. The van der Waals surface area contributed by atoms with Crippen LogP contribution in [0.15, 0.2) is 54.9 Å². The number of aromatic nitrogens is 2. The van der Waals surface area contributed by atoms with Crippen LogP contribution in [0.25, 0.3) is 10.9 Å². The fourth-order valence-electron chi connectivity index (χ4n) is 3.55. The van der Waals surface area contributed by atoms with Crippen LogP contribution in [0.5, 0.6) is 5.75 Å². The summed E-state index contributed by atoms with van der Waals surface area (Å²) in [6.45, 7) is 1.41. The van der Waals surface area contributed by atoms with Crippen molar-refractivity contribution >= 4 is 22.5 Å². The number of piperidine rings is 1. The summed E-state index contributed by atoms with van der Waals surface area (Å²) >= 11 is 0. The zero-order chi connectivity index (χ0) is 18.6. The van der Waals surface area contributed by atoms with Gasteiger partial charge in [0.1, 0.15) is 5.75 Å². The number of fused-ring (bicyclic) bond motifs is 1. The zero-order valence-electron chi connectivity index (χ0n) is 15.0. The van der Waals surface area contributed by atoms with Gasteiger partial charge in [-0.3, -0.25) is 14.8 Å². The minimum Gasteiger partial charge on any atom is -0.482 e. The highest BCUT2D eigenvalue weighted by Crippen LogP contribution is 2.32. The van der Waals surface area contributed by atoms with Gasteiger partial charge in [0, 0.05) is 30.6 Å². The molecule has 0 saturated carbocycles. The van der Waals surface area contributed by atoms with Crippen molar-refractivity contribution < 1.29 is 9.53 Å². The molecule has 1 fully saturated rings. The number of ether oxygens (including phenoxy) is 1. The Hall–Kier alpha value is -3.15. The molecule has 2 N–H and O–H groups in total. The SMILES string of the molecule is Nc1cc2ccccc2nc1C1CCN(C(=O)COc2cccnc2)CC1. The molecule has 0 radical (unpaired) electrons. The summed E-state index contributed by atoms with van der Waals surface area (Å²) in [7, 11) is 0. The van der Waals surface area contributed by atoms with Crippen LogP contribution in [0.2, 0.25) is 0 Å². The van der Waals surface area contributed by atoms with E-state index in [0.717, 1.165) is 35.1 Å². The number of nitrogen functional groups attached to an aromatic ring is 1. The van der Waals surface area contributed by atoms with Gasteiger partial charge in [0.15, 0.2) is 6.61 Å². The molecule has 3 aromatic rings. The first-order valence-corrected chi connectivity index (χ1v) is 9.16. The van der Waals surface area contributed by atoms with E-state index in [0.29, 0.717) is 18.8 Å². The summed E-state index contributed by atoms with van der Waals surface area (Å²) in [5.41, 5.74) is 8.90. The normalized spacial score (nSPS) is 15.0. The number of hydrogen-bond acceptors (Lipinski definition) is 5. The van der Waals surface area contributed by atoms with Gasteiger partial charge in [-0.05, 0) is 37.1 Å². The molecule has 0 bridgehead atoms. The molecule has 1 aromatic carbocycles. The minimum atomic E-state index is -0.00301. The third-order valence-electron chi connectivity index (χ3n) is 5.02. The molecule has 1 saturated heterocycles. The molecule has 1 aliphatic heterocycles. The highest BCUT2D eigenvalue weighted by atomic mass is 16.5. The molecule has 3 heterocycles. The fourth-order valence-corrected chi connectivity index (χ4v) is 3.55. The lowest BCUT2D eigenvalue weighted by Crippen LogP contribution is -2.40. The number of pyridine rings is 2. The maximum atomic E-state index is 12.4. The van der Waals surface area contributed by atoms with E-state index < -0.39 is 0 Å². The molecule has 6 heteroatoms. The summed E-state index contributed by atoms with van der Waals surface area (Å²) < 4.78 is 5.51. The van der Waals surface area contributed by atoms with Crippen molar-refractivity contribution in [2.75, 3.05) is 25.4 Å². The van der Waals surface area contributed by atoms with E-state index in [2.05, 4.69) is 4.98 Å². The van der Waals surface area contributed by atoms with E-state index >= 15 is 0 Å². The van der Waals surface area contributed by atoms with Crippen LogP contribution in [0.3, 0.4) is 0 Å². The van der Waals surface area contributed by atoms with Crippen molar-refractivity contribution in [3.8, 4) is 5.75 Å². The van der Waals surface area contributed by atoms with Crippen molar-refractivity contribution in [2.45, 2.75) is 18.8 Å². The van der Waals surface area contributed by atoms with Crippen molar-refractivity contribution in [3.63, 3.8) is 0 Å². The first kappa shape index (κ1) is 17.3. The van der Waals surface area contributed by atoms with Crippen LogP contribution in [0.4, 0.5) is 5.69 Å². The van der Waals surface area contributed by atoms with Crippen LogP contribution >= 0.6 is 0 Å². The number of rotatable bonds is 4. The van der Waals surface area contributed by atoms with Crippen LogP contribution < -0.4 is 10.5 Å². The first-order valence-electron chi connectivity index (χ1n) is 9.16. The standard InChI is InChI=1S/C21H22N4O2/c22-18-12-16-4-1-2-6-19(16)24-21(18)15-7-10-25(11-8-15)20(26)14-27-17-5-3-9-23-13-17/h1-6,9,12-13,15H,7-8,10-11,14,22H2. The molecule has 0 spiro atoms. The summed E-state index contributed by atoms with van der Waals surface area (Å²) in [6, 6.07) is 13.6. The van der Waals surface area contributed by atoms with Gasteiger partial charge in [0.25, 0.3) is 5.91 Å². The van der Waals surface area contributed by atoms with Gasteiger partial charge < -0.3 is 15.4 Å². The number of para-hydroxylation sites is 1. The second-order valence-electron chi connectivity index (χ2n) is 6.79. The van der Waals surface area contributed by atoms with Crippen LogP contribution in [0.1, 0.15) is 24.5 Å². The smallest absolute Gasteiger partial charge is 0.260 e. The molecule has 138 valence electrons. The Morgan fingerprint density at radius 1 is 1.19 bits per heavy atom. The van der Waals surface area contributed by atoms with Gasteiger partial charge in [0.2, 0.25) is 0 Å². The molecule has 2 aromatic heterocycles. The van der Waals surface area contributed by atoms with Crippen molar-refractivity contribution in [3.05, 3.63) is 60.6 Å². The van der Waals surface area contributed by atoms with Gasteiger partial charge in [-0.25, -0.2) is 0 Å². The molecule has 0 atom stereocenters. The number of nitrogens with two attached hydrogens (primary N) is 1.